The Morgan fingerprint density at radius 2 is 1.18 bits per heavy atom. The number of primary amides is 1. The van der Waals surface area contributed by atoms with Crippen molar-refractivity contribution < 1.29 is 62.6 Å². The van der Waals surface area contributed by atoms with E-state index in [4.69, 9.17) is 21.9 Å². The Kier molecular flexibility index (Phi) is 20.0. The molecule has 0 aliphatic carbocycles. The first-order valence-corrected chi connectivity index (χ1v) is 27.9. The molecular weight excluding hydrogens is 1100 g/mol. The van der Waals surface area contributed by atoms with Gasteiger partial charge >= 0.3 is 6.03 Å². The van der Waals surface area contributed by atoms with Gasteiger partial charge in [-0.25, -0.2) is 4.79 Å². The molecule has 0 fully saturated rings. The molecule has 85 heavy (non-hydrogen) atoms. The number of unbranched alkanes of at least 4 members (excludes halogenated alkanes) is 2. The van der Waals surface area contributed by atoms with Crippen molar-refractivity contribution in [2.75, 3.05) is 62.6 Å². The van der Waals surface area contributed by atoms with E-state index in [-0.39, 0.29) is 112 Å². The maximum Gasteiger partial charge on any atom is 0.312 e. The van der Waals surface area contributed by atoms with E-state index in [2.05, 4.69) is 26.6 Å². The molecule has 0 radical (unpaired) electrons. The van der Waals surface area contributed by atoms with Gasteiger partial charge in [-0.05, 0) is 92.1 Å². The topological polar surface area (TPSA) is 368 Å². The molecule has 12 amide bonds. The zero-order chi connectivity index (χ0) is 61.1. The monoisotopic (exact) mass is 1160 g/mol. The summed E-state index contributed by atoms with van der Waals surface area (Å²) in [6, 6.07) is 19.7. The number of imide groups is 3. The van der Waals surface area contributed by atoms with E-state index in [1.807, 2.05) is 0 Å². The van der Waals surface area contributed by atoms with E-state index in [0.717, 1.165) is 14.7 Å². The molecule has 3 aliphatic rings. The van der Waals surface area contributed by atoms with Crippen molar-refractivity contribution in [3.63, 3.8) is 0 Å². The van der Waals surface area contributed by atoms with Crippen LogP contribution in [0, 0.1) is 5.92 Å². The highest BCUT2D eigenvalue weighted by atomic mass is 16.6. The average Bonchev–Trinajstić information content (AvgIpc) is 3.64. The largest absolute Gasteiger partial charge is 0.398 e. The number of benzene rings is 5. The Labute approximate surface area is 488 Å². The molecule has 3 heterocycles. The van der Waals surface area contributed by atoms with Crippen molar-refractivity contribution >= 4 is 104 Å². The highest BCUT2D eigenvalue weighted by molar-refractivity contribution is 6.28. The zero-order valence-electron chi connectivity index (χ0n) is 47.0. The molecule has 0 saturated carbocycles. The Morgan fingerprint density at radius 3 is 1.76 bits per heavy atom. The SMILES string of the molecule is CC(C)C(NC(=O)CCCCCN1C(=O)C=CC1=O)C(=O)NC(CCCNC(N)=O)C(=O)Nc1ccc(COC(O)N(CCCNC(=O)CN2C(=O)c3cccc4c(N)ccc(c34)C2=O)CCN2C(=O)c3cccc4c(N)ccc(c34)C2=O)cc1. The Hall–Kier alpha value is -9.59. The van der Waals surface area contributed by atoms with Gasteiger partial charge in [-0.1, -0.05) is 56.7 Å². The first-order valence-electron chi connectivity index (χ1n) is 27.9. The quantitative estimate of drug-likeness (QED) is 0.0144. The second-order valence-electron chi connectivity index (χ2n) is 21.1. The van der Waals surface area contributed by atoms with Crippen molar-refractivity contribution in [1.82, 2.24) is 40.9 Å². The third-order valence-electron chi connectivity index (χ3n) is 14.9. The molecule has 5 aromatic carbocycles. The lowest BCUT2D eigenvalue weighted by Crippen LogP contribution is -2.54. The number of ether oxygens (including phenoxy) is 1. The van der Waals surface area contributed by atoms with Crippen LogP contribution in [-0.2, 0) is 40.1 Å². The van der Waals surface area contributed by atoms with Gasteiger partial charge in [0.15, 0.2) is 0 Å². The first-order chi connectivity index (χ1) is 40.7. The third kappa shape index (κ3) is 14.6. The molecule has 0 spiro atoms. The minimum atomic E-state index is -1.63. The molecule has 8 rings (SSSR count). The van der Waals surface area contributed by atoms with Crippen LogP contribution in [0.25, 0.3) is 21.5 Å². The number of nitrogens with one attached hydrogen (secondary N) is 5. The van der Waals surface area contributed by atoms with Crippen LogP contribution < -0.4 is 43.8 Å². The lowest BCUT2D eigenvalue weighted by atomic mass is 9.93. The second-order valence-corrected chi connectivity index (χ2v) is 21.1. The van der Waals surface area contributed by atoms with Crippen molar-refractivity contribution in [1.29, 1.82) is 0 Å². The normalized spacial score (nSPS) is 14.8. The third-order valence-corrected chi connectivity index (χ3v) is 14.9. The smallest absolute Gasteiger partial charge is 0.312 e. The molecule has 3 aliphatic heterocycles. The number of amides is 12. The summed E-state index contributed by atoms with van der Waals surface area (Å²) in [7, 11) is 0. The van der Waals surface area contributed by atoms with Crippen LogP contribution in [0.4, 0.5) is 21.9 Å². The Bertz CT molecular complexity index is 3430. The molecule has 25 nitrogen and oxygen atoms in total. The van der Waals surface area contributed by atoms with Gasteiger partial charge in [-0.3, -0.25) is 67.5 Å². The Morgan fingerprint density at radius 1 is 0.600 bits per heavy atom. The van der Waals surface area contributed by atoms with Crippen molar-refractivity contribution in [3.8, 4) is 0 Å². The highest BCUT2D eigenvalue weighted by Crippen LogP contribution is 2.35. The molecule has 0 aromatic heterocycles. The van der Waals surface area contributed by atoms with E-state index in [1.165, 1.54) is 23.1 Å². The fourth-order valence-corrected chi connectivity index (χ4v) is 10.4. The fourth-order valence-electron chi connectivity index (χ4n) is 10.4. The molecule has 3 atom stereocenters. The summed E-state index contributed by atoms with van der Waals surface area (Å²) in [6.45, 7) is 2.88. The van der Waals surface area contributed by atoms with Gasteiger partial charge in [0.1, 0.15) is 18.6 Å². The summed E-state index contributed by atoms with van der Waals surface area (Å²) in [6.07, 6.45) is 2.86. The van der Waals surface area contributed by atoms with Gasteiger partial charge < -0.3 is 53.6 Å². The highest BCUT2D eigenvalue weighted by Gasteiger charge is 2.36. The average molecular weight is 1170 g/mol. The number of aliphatic hydroxyl groups excluding tert-OH is 1. The lowest BCUT2D eigenvalue weighted by molar-refractivity contribution is -0.200. The number of nitrogens with zero attached hydrogens (tertiary/aromatic N) is 4. The van der Waals surface area contributed by atoms with Gasteiger partial charge in [0.2, 0.25) is 30.0 Å². The molecule has 3 unspecified atom stereocenters. The van der Waals surface area contributed by atoms with Crippen molar-refractivity contribution in [2.45, 2.75) is 83.9 Å². The summed E-state index contributed by atoms with van der Waals surface area (Å²) in [4.78, 5) is 148. The van der Waals surface area contributed by atoms with E-state index >= 15 is 0 Å². The number of anilines is 3. The maximum atomic E-state index is 13.9. The molecule has 0 bridgehead atoms. The van der Waals surface area contributed by atoms with E-state index in [1.54, 1.807) is 92.7 Å². The molecule has 446 valence electrons. The Balaban J connectivity index is 0.873. The second kappa shape index (κ2) is 27.7. The van der Waals surface area contributed by atoms with Crippen LogP contribution >= 0.6 is 0 Å². The van der Waals surface area contributed by atoms with Gasteiger partial charge in [0.05, 0.1) is 6.61 Å². The summed E-state index contributed by atoms with van der Waals surface area (Å²) < 4.78 is 5.94. The molecule has 12 N–H and O–H groups in total. The van der Waals surface area contributed by atoms with Gasteiger partial charge in [0.25, 0.3) is 35.4 Å². The van der Waals surface area contributed by atoms with E-state index in [9.17, 15) is 57.8 Å². The first kappa shape index (κ1) is 61.5. The van der Waals surface area contributed by atoms with Crippen molar-refractivity contribution in [3.05, 3.63) is 125 Å². The van der Waals surface area contributed by atoms with E-state index < -0.39 is 78.3 Å². The van der Waals surface area contributed by atoms with Gasteiger partial charge in [-0.2, -0.15) is 0 Å². The standard InChI is InChI=1S/C60H68N12O13/c1-34(2)52(68-46(73)15-4-3-5-29-70-48(75)24-25-49(70)76)54(78)67-45(14-8-26-65-59(63)83)53(77)66-36-18-16-35(17-19-36)33-85-60(84)69(30-31-71-55(79)39-12-6-10-37-43(61)22-20-41(50(37)39)56(71)80)28-9-27-64-47(74)32-72-57(81)40-13-7-11-38-44(62)23-21-42(51(38)40)58(72)82/h6-7,10-13,16-25,34,45,52,60,84H,3-5,8-9,14-15,26-33,61-62H2,1-2H3,(H,64,74)(H,66,77)(H,67,78)(H,68,73)(H3,63,65,83). The summed E-state index contributed by atoms with van der Waals surface area (Å²) >= 11 is 0. The van der Waals surface area contributed by atoms with Gasteiger partial charge in [-0.15, -0.1) is 0 Å². The van der Waals surface area contributed by atoms with Crippen LogP contribution in [0.15, 0.2) is 97.1 Å². The molecular formula is C60H68N12O13. The van der Waals surface area contributed by atoms with E-state index in [0.29, 0.717) is 63.4 Å². The van der Waals surface area contributed by atoms with Crippen LogP contribution in [-0.4, -0.2) is 154 Å². The van der Waals surface area contributed by atoms with Crippen LogP contribution in [0.3, 0.4) is 0 Å². The minimum Gasteiger partial charge on any atom is -0.398 e. The lowest BCUT2D eigenvalue weighted by Gasteiger charge is -2.32. The number of rotatable bonds is 29. The summed E-state index contributed by atoms with van der Waals surface area (Å²) in [5.41, 5.74) is 20.3. The number of nitrogens with two attached hydrogens (primary N) is 3. The molecule has 25 heteroatoms. The minimum absolute atomic E-state index is 0.0201. The predicted molar refractivity (Wildman–Crippen MR) is 312 cm³/mol. The van der Waals surface area contributed by atoms with Crippen LogP contribution in [0.1, 0.15) is 106 Å². The number of carbonyl (C=O) groups is 11. The maximum absolute atomic E-state index is 13.9. The number of aliphatic hydroxyl groups is 1. The van der Waals surface area contributed by atoms with Crippen molar-refractivity contribution in [2.24, 2.45) is 11.7 Å². The van der Waals surface area contributed by atoms with Crippen LogP contribution in [0.5, 0.6) is 0 Å². The predicted octanol–water partition coefficient (Wildman–Crippen LogP) is 2.85. The van der Waals surface area contributed by atoms with Crippen LogP contribution in [0.2, 0.25) is 0 Å². The van der Waals surface area contributed by atoms with Gasteiger partial charge in [0, 0.05) is 119 Å². The summed E-state index contributed by atoms with van der Waals surface area (Å²) in [5.74, 6) is -5.79. The number of nitrogen functional groups attached to an aromatic ring is 2. The summed E-state index contributed by atoms with van der Waals surface area (Å²) in [5, 5.41) is 27.1. The zero-order valence-corrected chi connectivity index (χ0v) is 47.0. The molecule has 5 aromatic rings. The number of urea groups is 1. The molecule has 0 saturated heterocycles. The fraction of sp³-hybridized carbons (Fsp3) is 0.350. The number of hydrogen-bond acceptors (Lipinski definition) is 16. The number of hydrogen-bond donors (Lipinski definition) is 9. The number of carbonyl (C=O) groups excluding carboxylic acids is 11.